The van der Waals surface area contributed by atoms with Gasteiger partial charge in [0.2, 0.25) is 0 Å². The Morgan fingerprint density at radius 2 is 0.719 bits per heavy atom. The van der Waals surface area contributed by atoms with Gasteiger partial charge in [-0.15, -0.1) is 0 Å². The van der Waals surface area contributed by atoms with Gasteiger partial charge in [-0.25, -0.2) is 0 Å². The monoisotopic (exact) mass is 813 g/mol. The fourth-order valence-electron chi connectivity index (χ4n) is 10.4. The van der Waals surface area contributed by atoms with Crippen LogP contribution >= 0.6 is 0 Å². The van der Waals surface area contributed by atoms with Crippen LogP contribution in [0.15, 0.2) is 261 Å². The van der Waals surface area contributed by atoms with Crippen LogP contribution in [0.2, 0.25) is 0 Å². The number of hydrogen-bond donors (Lipinski definition) is 0. The van der Waals surface area contributed by atoms with Crippen LogP contribution in [0.25, 0.3) is 66.1 Å². The first-order valence-electron chi connectivity index (χ1n) is 22.2. The maximum Gasteiger partial charge on any atom is 0.0714 e. The SMILES string of the molecule is c1ccc(-c2ccc(N(c3ccc(-c4ccccc4)cc3)c3cc4c(cc3-c3ccc5ccc6ccccc6c5c3)-c3ccccc3C4(c3ccccc3)c3ccccc3)cc2)cc1. The van der Waals surface area contributed by atoms with Crippen LogP contribution in [0.3, 0.4) is 0 Å². The summed E-state index contributed by atoms with van der Waals surface area (Å²) in [7, 11) is 0. The quantitative estimate of drug-likeness (QED) is 0.138. The lowest BCUT2D eigenvalue weighted by molar-refractivity contribution is 0.768. The Balaban J connectivity index is 1.18. The molecule has 1 aliphatic rings. The van der Waals surface area contributed by atoms with Crippen molar-refractivity contribution in [3.8, 4) is 44.5 Å². The van der Waals surface area contributed by atoms with Gasteiger partial charge in [0.05, 0.1) is 11.1 Å². The smallest absolute Gasteiger partial charge is 0.0714 e. The first-order valence-corrected chi connectivity index (χ1v) is 22.2. The van der Waals surface area contributed by atoms with E-state index in [0.29, 0.717) is 0 Å². The number of hydrogen-bond acceptors (Lipinski definition) is 1. The van der Waals surface area contributed by atoms with Gasteiger partial charge in [-0.3, -0.25) is 0 Å². The van der Waals surface area contributed by atoms with Crippen molar-refractivity contribution in [3.63, 3.8) is 0 Å². The zero-order valence-electron chi connectivity index (χ0n) is 35.3. The van der Waals surface area contributed by atoms with Crippen molar-refractivity contribution in [1.82, 2.24) is 0 Å². The maximum absolute atomic E-state index is 2.52. The lowest BCUT2D eigenvalue weighted by Crippen LogP contribution is -2.28. The second-order valence-electron chi connectivity index (χ2n) is 16.8. The molecule has 0 unspecified atom stereocenters. The summed E-state index contributed by atoms with van der Waals surface area (Å²) in [4.78, 5) is 2.48. The van der Waals surface area contributed by atoms with E-state index in [1.165, 1.54) is 88.3 Å². The summed E-state index contributed by atoms with van der Waals surface area (Å²) in [5.41, 5.74) is 17.4. The molecule has 0 atom stereocenters. The topological polar surface area (TPSA) is 3.24 Å². The highest BCUT2D eigenvalue weighted by atomic mass is 15.1. The van der Waals surface area contributed by atoms with Gasteiger partial charge in [-0.05, 0) is 125 Å². The Kier molecular flexibility index (Phi) is 9.13. The third-order valence-corrected chi connectivity index (χ3v) is 13.3. The van der Waals surface area contributed by atoms with Gasteiger partial charge in [0.1, 0.15) is 0 Å². The maximum atomic E-state index is 2.52. The summed E-state index contributed by atoms with van der Waals surface area (Å²) < 4.78 is 0. The highest BCUT2D eigenvalue weighted by molar-refractivity contribution is 6.09. The van der Waals surface area contributed by atoms with Crippen molar-refractivity contribution < 1.29 is 0 Å². The van der Waals surface area contributed by atoms with E-state index in [4.69, 9.17) is 0 Å². The molecule has 1 nitrogen and oxygen atoms in total. The second-order valence-corrected chi connectivity index (χ2v) is 16.8. The minimum atomic E-state index is -0.568. The lowest BCUT2D eigenvalue weighted by atomic mass is 9.67. The summed E-state index contributed by atoms with van der Waals surface area (Å²) in [6.07, 6.45) is 0. The van der Waals surface area contributed by atoms with Crippen molar-refractivity contribution >= 4 is 38.6 Å². The third kappa shape index (κ3) is 6.16. The lowest BCUT2D eigenvalue weighted by Gasteiger charge is -2.35. The van der Waals surface area contributed by atoms with E-state index >= 15 is 0 Å². The van der Waals surface area contributed by atoms with E-state index in [1.807, 2.05) is 0 Å². The standard InChI is InChI=1S/C63H43N/c1-5-17-44(18-6-1)46-33-37-53(38-34-46)64(54-39-35-47(36-40-54)45-19-7-2-8-20-45)62-43-61-59(42-58(62)50-32-31-49-30-29-48-21-13-14-26-55(48)57(49)41-50)56-27-15-16-28-60(56)63(61,51-22-9-3-10-23-51)52-24-11-4-12-25-52/h1-43H. The first kappa shape index (κ1) is 37.5. The van der Waals surface area contributed by atoms with Gasteiger partial charge in [0.15, 0.2) is 0 Å². The Morgan fingerprint density at radius 3 is 1.31 bits per heavy atom. The highest BCUT2D eigenvalue weighted by Gasteiger charge is 2.46. The molecule has 300 valence electrons. The van der Waals surface area contributed by atoms with Crippen molar-refractivity contribution in [2.75, 3.05) is 4.90 Å². The van der Waals surface area contributed by atoms with Gasteiger partial charge >= 0.3 is 0 Å². The molecule has 0 N–H and O–H groups in total. The van der Waals surface area contributed by atoms with E-state index in [0.717, 1.165) is 17.1 Å². The van der Waals surface area contributed by atoms with Gasteiger partial charge in [0.25, 0.3) is 0 Å². The van der Waals surface area contributed by atoms with Gasteiger partial charge in [0, 0.05) is 16.9 Å². The number of anilines is 3. The molecule has 0 fully saturated rings. The van der Waals surface area contributed by atoms with E-state index in [2.05, 4.69) is 266 Å². The first-order chi connectivity index (χ1) is 31.7. The summed E-state index contributed by atoms with van der Waals surface area (Å²) in [5, 5.41) is 4.97. The third-order valence-electron chi connectivity index (χ3n) is 13.3. The van der Waals surface area contributed by atoms with E-state index < -0.39 is 5.41 Å². The summed E-state index contributed by atoms with van der Waals surface area (Å²) in [6, 6.07) is 96.1. The van der Waals surface area contributed by atoms with Gasteiger partial charge < -0.3 is 4.90 Å². The largest absolute Gasteiger partial charge is 0.310 e. The van der Waals surface area contributed by atoms with E-state index in [-0.39, 0.29) is 0 Å². The molecule has 64 heavy (non-hydrogen) atoms. The Labute approximate surface area is 374 Å². The highest BCUT2D eigenvalue weighted by Crippen LogP contribution is 2.59. The van der Waals surface area contributed by atoms with Crippen LogP contribution in [0.1, 0.15) is 22.3 Å². The molecule has 0 spiro atoms. The van der Waals surface area contributed by atoms with Gasteiger partial charge in [-0.1, -0.05) is 218 Å². The van der Waals surface area contributed by atoms with Crippen LogP contribution in [0.4, 0.5) is 17.1 Å². The normalized spacial score (nSPS) is 12.5. The van der Waals surface area contributed by atoms with Crippen LogP contribution < -0.4 is 4.90 Å². The molecule has 1 aliphatic carbocycles. The molecule has 0 aromatic heterocycles. The van der Waals surface area contributed by atoms with Crippen molar-refractivity contribution in [2.24, 2.45) is 0 Å². The predicted octanol–water partition coefficient (Wildman–Crippen LogP) is 16.8. The van der Waals surface area contributed by atoms with Crippen LogP contribution in [0, 0.1) is 0 Å². The second kappa shape index (κ2) is 15.6. The van der Waals surface area contributed by atoms with Gasteiger partial charge in [-0.2, -0.15) is 0 Å². The summed E-state index contributed by atoms with van der Waals surface area (Å²) >= 11 is 0. The average molecular weight is 814 g/mol. The fourth-order valence-corrected chi connectivity index (χ4v) is 10.4. The van der Waals surface area contributed by atoms with E-state index in [1.54, 1.807) is 0 Å². The minimum absolute atomic E-state index is 0.568. The molecule has 0 bridgehead atoms. The summed E-state index contributed by atoms with van der Waals surface area (Å²) in [6.45, 7) is 0. The molecule has 0 radical (unpaired) electrons. The Hall–Kier alpha value is -8.26. The molecule has 0 saturated heterocycles. The molecule has 0 aliphatic heterocycles. The fraction of sp³-hybridized carbons (Fsp3) is 0.0159. The molecular formula is C63H43N. The van der Waals surface area contributed by atoms with E-state index in [9.17, 15) is 0 Å². The van der Waals surface area contributed by atoms with Crippen molar-refractivity contribution in [3.05, 3.63) is 283 Å². The number of rotatable bonds is 8. The Bertz CT molecular complexity index is 3330. The molecule has 0 heterocycles. The van der Waals surface area contributed by atoms with Crippen molar-refractivity contribution in [2.45, 2.75) is 5.41 Å². The van der Waals surface area contributed by atoms with Crippen LogP contribution in [0.5, 0.6) is 0 Å². The van der Waals surface area contributed by atoms with Crippen molar-refractivity contribution in [1.29, 1.82) is 0 Å². The molecule has 12 rings (SSSR count). The molecule has 11 aromatic carbocycles. The zero-order valence-corrected chi connectivity index (χ0v) is 35.3. The molecule has 11 aromatic rings. The van der Waals surface area contributed by atoms with Crippen LogP contribution in [-0.4, -0.2) is 0 Å². The number of nitrogens with zero attached hydrogens (tertiary/aromatic N) is 1. The molecular weight excluding hydrogens is 771 g/mol. The molecule has 0 amide bonds. The zero-order chi connectivity index (χ0) is 42.5. The summed E-state index contributed by atoms with van der Waals surface area (Å²) in [5.74, 6) is 0. The number of fused-ring (bicyclic) bond motifs is 6. The number of benzene rings is 11. The predicted molar refractivity (Wildman–Crippen MR) is 270 cm³/mol. The minimum Gasteiger partial charge on any atom is -0.310 e. The molecule has 0 saturated carbocycles. The van der Waals surface area contributed by atoms with Crippen LogP contribution in [-0.2, 0) is 5.41 Å². The molecule has 1 heteroatoms. The average Bonchev–Trinajstić information content (AvgIpc) is 3.67. The Morgan fingerprint density at radius 1 is 0.266 bits per heavy atom.